The lowest BCUT2D eigenvalue weighted by Gasteiger charge is -2.18. The smallest absolute Gasteiger partial charge is 0.282 e. The van der Waals surface area contributed by atoms with Gasteiger partial charge in [-0.1, -0.05) is 12.1 Å². The molecule has 0 aromatic heterocycles. The summed E-state index contributed by atoms with van der Waals surface area (Å²) in [4.78, 5) is 30.0. The third-order valence-corrected chi connectivity index (χ3v) is 5.49. The maximum atomic E-state index is 13.6. The minimum atomic E-state index is -0.517. The van der Waals surface area contributed by atoms with E-state index in [2.05, 4.69) is 5.32 Å². The number of anilines is 3. The molecule has 0 saturated carbocycles. The normalized spacial score (nSPS) is 13.4. The number of amides is 2. The number of carbonyl (C=O) groups excluding carboxylic acids is 2. The van der Waals surface area contributed by atoms with E-state index >= 15 is 0 Å². The molecule has 8 heteroatoms. The average molecular weight is 461 g/mol. The first-order valence-corrected chi connectivity index (χ1v) is 10.5. The maximum Gasteiger partial charge on any atom is 0.282 e. The zero-order chi connectivity index (χ0) is 24.4. The Balaban J connectivity index is 1.78. The van der Waals surface area contributed by atoms with Crippen molar-refractivity contribution in [3.8, 4) is 11.5 Å². The van der Waals surface area contributed by atoms with E-state index < -0.39 is 17.6 Å². The molecule has 3 aromatic carbocycles. The molecule has 0 bridgehead atoms. The van der Waals surface area contributed by atoms with Crippen LogP contribution in [0.1, 0.15) is 5.56 Å². The van der Waals surface area contributed by atoms with Crippen molar-refractivity contribution in [1.82, 2.24) is 0 Å². The van der Waals surface area contributed by atoms with E-state index in [9.17, 15) is 14.0 Å². The number of halogens is 1. The standard InChI is InChI=1S/C26H24FN3O4/c1-29(2)19-10-12-20(13-11-19)30-25(31)23(16-5-7-17(27)8-6-16)24(26(30)32)28-18-9-14-21(33-3)22(15-18)34-4/h5-15,28H,1-4H3. The van der Waals surface area contributed by atoms with Crippen LogP contribution in [0.2, 0.25) is 0 Å². The van der Waals surface area contributed by atoms with E-state index in [1.807, 2.05) is 31.1 Å². The lowest BCUT2D eigenvalue weighted by molar-refractivity contribution is -0.120. The molecule has 0 radical (unpaired) electrons. The summed E-state index contributed by atoms with van der Waals surface area (Å²) in [5.41, 5.74) is 2.55. The summed E-state index contributed by atoms with van der Waals surface area (Å²) in [6.07, 6.45) is 0. The molecule has 174 valence electrons. The summed E-state index contributed by atoms with van der Waals surface area (Å²) in [6, 6.07) is 17.6. The second-order valence-corrected chi connectivity index (χ2v) is 7.81. The molecule has 2 amide bonds. The molecule has 1 aliphatic rings. The highest BCUT2D eigenvalue weighted by atomic mass is 19.1. The fourth-order valence-corrected chi connectivity index (χ4v) is 3.72. The van der Waals surface area contributed by atoms with Crippen molar-refractivity contribution in [3.63, 3.8) is 0 Å². The van der Waals surface area contributed by atoms with Gasteiger partial charge in [0, 0.05) is 31.5 Å². The first-order chi connectivity index (χ1) is 16.3. The van der Waals surface area contributed by atoms with Crippen molar-refractivity contribution in [2.45, 2.75) is 0 Å². The van der Waals surface area contributed by atoms with E-state index in [1.165, 1.54) is 38.5 Å². The predicted molar refractivity (Wildman–Crippen MR) is 130 cm³/mol. The Morgan fingerprint density at radius 2 is 1.47 bits per heavy atom. The highest BCUT2D eigenvalue weighted by Gasteiger charge is 2.40. The van der Waals surface area contributed by atoms with Gasteiger partial charge in [0.15, 0.2) is 11.5 Å². The zero-order valence-electron chi connectivity index (χ0n) is 19.3. The monoisotopic (exact) mass is 461 g/mol. The van der Waals surface area contributed by atoms with Gasteiger partial charge in [-0.15, -0.1) is 0 Å². The fraction of sp³-hybridized carbons (Fsp3) is 0.154. The van der Waals surface area contributed by atoms with Crippen molar-refractivity contribution in [3.05, 3.63) is 83.8 Å². The van der Waals surface area contributed by atoms with Crippen LogP contribution in [0.4, 0.5) is 21.5 Å². The van der Waals surface area contributed by atoms with Crippen LogP contribution in [-0.2, 0) is 9.59 Å². The van der Waals surface area contributed by atoms with E-state index in [0.717, 1.165) is 10.6 Å². The van der Waals surface area contributed by atoms with Crippen LogP contribution >= 0.6 is 0 Å². The zero-order valence-corrected chi connectivity index (χ0v) is 19.3. The molecule has 1 N–H and O–H groups in total. The lowest BCUT2D eigenvalue weighted by atomic mass is 10.0. The maximum absolute atomic E-state index is 13.6. The van der Waals surface area contributed by atoms with E-state index in [4.69, 9.17) is 9.47 Å². The topological polar surface area (TPSA) is 71.1 Å². The van der Waals surface area contributed by atoms with Crippen LogP contribution in [0.3, 0.4) is 0 Å². The summed E-state index contributed by atoms with van der Waals surface area (Å²) in [7, 11) is 6.84. The Kier molecular flexibility index (Phi) is 6.23. The number of hydrogen-bond acceptors (Lipinski definition) is 6. The number of nitrogens with zero attached hydrogens (tertiary/aromatic N) is 2. The fourth-order valence-electron chi connectivity index (χ4n) is 3.72. The Hall–Kier alpha value is -4.33. The van der Waals surface area contributed by atoms with Crippen LogP contribution in [0, 0.1) is 5.82 Å². The number of ether oxygens (including phenoxy) is 2. The molecule has 0 atom stereocenters. The van der Waals surface area contributed by atoms with Crippen LogP contribution in [0.25, 0.3) is 5.57 Å². The largest absolute Gasteiger partial charge is 0.493 e. The highest BCUT2D eigenvalue weighted by molar-refractivity contribution is 6.46. The van der Waals surface area contributed by atoms with E-state index in [-0.39, 0.29) is 11.3 Å². The molecular formula is C26H24FN3O4. The lowest BCUT2D eigenvalue weighted by Crippen LogP contribution is -2.32. The number of methoxy groups -OCH3 is 2. The van der Waals surface area contributed by atoms with Gasteiger partial charge < -0.3 is 19.7 Å². The van der Waals surface area contributed by atoms with Crippen LogP contribution in [0.15, 0.2) is 72.4 Å². The summed E-state index contributed by atoms with van der Waals surface area (Å²) >= 11 is 0. The molecule has 0 unspecified atom stereocenters. The van der Waals surface area contributed by atoms with E-state index in [1.54, 1.807) is 30.3 Å². The van der Waals surface area contributed by atoms with Crippen molar-refractivity contribution < 1.29 is 23.5 Å². The van der Waals surface area contributed by atoms with Gasteiger partial charge in [-0.2, -0.15) is 0 Å². The molecule has 4 rings (SSSR count). The van der Waals surface area contributed by atoms with Crippen molar-refractivity contribution >= 4 is 34.4 Å². The average Bonchev–Trinajstić information content (AvgIpc) is 3.08. The molecule has 34 heavy (non-hydrogen) atoms. The summed E-state index contributed by atoms with van der Waals surface area (Å²) in [6.45, 7) is 0. The summed E-state index contributed by atoms with van der Waals surface area (Å²) in [5.74, 6) is -0.470. The number of carbonyl (C=O) groups is 2. The number of hydrogen-bond donors (Lipinski definition) is 1. The minimum Gasteiger partial charge on any atom is -0.493 e. The Morgan fingerprint density at radius 1 is 0.824 bits per heavy atom. The third-order valence-electron chi connectivity index (χ3n) is 5.49. The van der Waals surface area contributed by atoms with Gasteiger partial charge in [-0.05, 0) is 54.1 Å². The molecule has 7 nitrogen and oxygen atoms in total. The Bertz CT molecular complexity index is 1270. The van der Waals surface area contributed by atoms with Gasteiger partial charge in [0.05, 0.1) is 25.5 Å². The Labute approximate surface area is 197 Å². The number of rotatable bonds is 7. The third kappa shape index (κ3) is 4.17. The molecule has 0 saturated heterocycles. The van der Waals surface area contributed by atoms with Crippen LogP contribution in [-0.4, -0.2) is 40.1 Å². The first kappa shape index (κ1) is 22.8. The van der Waals surface area contributed by atoms with Gasteiger partial charge >= 0.3 is 0 Å². The van der Waals surface area contributed by atoms with Gasteiger partial charge in [0.1, 0.15) is 11.5 Å². The van der Waals surface area contributed by atoms with Gasteiger partial charge in [-0.25, -0.2) is 9.29 Å². The van der Waals surface area contributed by atoms with Crippen molar-refractivity contribution in [1.29, 1.82) is 0 Å². The Morgan fingerprint density at radius 3 is 2.06 bits per heavy atom. The SMILES string of the molecule is COc1ccc(NC2=C(c3ccc(F)cc3)C(=O)N(c3ccc(N(C)C)cc3)C2=O)cc1OC. The molecule has 1 heterocycles. The number of imide groups is 1. The van der Waals surface area contributed by atoms with Crippen molar-refractivity contribution in [2.24, 2.45) is 0 Å². The second kappa shape index (κ2) is 9.27. The van der Waals surface area contributed by atoms with Crippen molar-refractivity contribution in [2.75, 3.05) is 43.4 Å². The highest BCUT2D eigenvalue weighted by Crippen LogP contribution is 2.36. The number of benzene rings is 3. The van der Waals surface area contributed by atoms with Crippen LogP contribution in [0.5, 0.6) is 11.5 Å². The second-order valence-electron chi connectivity index (χ2n) is 7.81. The van der Waals surface area contributed by atoms with Crippen LogP contribution < -0.4 is 24.6 Å². The van der Waals surface area contributed by atoms with Gasteiger partial charge in [0.25, 0.3) is 11.8 Å². The quantitative estimate of drug-likeness (QED) is 0.529. The first-order valence-electron chi connectivity index (χ1n) is 10.5. The predicted octanol–water partition coefficient (Wildman–Crippen LogP) is 4.31. The molecule has 1 aliphatic heterocycles. The molecular weight excluding hydrogens is 437 g/mol. The minimum absolute atomic E-state index is 0.0838. The summed E-state index contributed by atoms with van der Waals surface area (Å²) < 4.78 is 24.2. The number of nitrogens with one attached hydrogen (secondary N) is 1. The van der Waals surface area contributed by atoms with Gasteiger partial charge in [0.2, 0.25) is 0 Å². The molecule has 0 fully saturated rings. The van der Waals surface area contributed by atoms with E-state index in [0.29, 0.717) is 28.4 Å². The molecule has 3 aromatic rings. The molecule has 0 spiro atoms. The molecule has 0 aliphatic carbocycles. The summed E-state index contributed by atoms with van der Waals surface area (Å²) in [5, 5.41) is 3.07. The van der Waals surface area contributed by atoms with Gasteiger partial charge in [-0.3, -0.25) is 9.59 Å².